The zero-order chi connectivity index (χ0) is 19.7. The Morgan fingerprint density at radius 3 is 2.75 bits per heavy atom. The van der Waals surface area contributed by atoms with Gasteiger partial charge in [0.25, 0.3) is 5.91 Å². The van der Waals surface area contributed by atoms with Crippen LogP contribution in [0.3, 0.4) is 0 Å². The molecule has 0 bridgehead atoms. The first kappa shape index (κ1) is 18.7. The van der Waals surface area contributed by atoms with Crippen molar-refractivity contribution in [2.24, 2.45) is 0 Å². The Labute approximate surface area is 166 Å². The molecule has 28 heavy (non-hydrogen) atoms. The Hall–Kier alpha value is -2.70. The summed E-state index contributed by atoms with van der Waals surface area (Å²) in [5.41, 5.74) is -0.496. The monoisotopic (exact) mass is 395 g/mol. The number of nitrogens with zero attached hydrogens (tertiary/aromatic N) is 1. The molecule has 0 aliphatic carbocycles. The Kier molecular flexibility index (Phi) is 4.91. The third kappa shape index (κ3) is 3.30. The lowest BCUT2D eigenvalue weighted by molar-refractivity contribution is -0.0301. The molecule has 1 N–H and O–H groups in total. The number of fused-ring (bicyclic) bond motifs is 1. The molecule has 0 spiro atoms. The van der Waals surface area contributed by atoms with Gasteiger partial charge in [0.05, 0.1) is 18.5 Å². The van der Waals surface area contributed by atoms with Gasteiger partial charge in [-0.2, -0.15) is 0 Å². The van der Waals surface area contributed by atoms with Crippen molar-refractivity contribution in [2.75, 3.05) is 20.2 Å². The SMILES string of the molecule is COc1ccccc1C1(O)CCCN(C(=O)c2cc3ccccc3c(=O)s2)C1. The van der Waals surface area contributed by atoms with Crippen LogP contribution in [0.2, 0.25) is 0 Å². The molecule has 1 aliphatic rings. The lowest BCUT2D eigenvalue weighted by Gasteiger charge is -2.40. The molecular weight excluding hydrogens is 374 g/mol. The van der Waals surface area contributed by atoms with Crippen molar-refractivity contribution in [3.8, 4) is 5.75 Å². The third-order valence-corrected chi connectivity index (χ3v) is 6.16. The highest BCUT2D eigenvalue weighted by atomic mass is 32.1. The zero-order valence-corrected chi connectivity index (χ0v) is 16.4. The van der Waals surface area contributed by atoms with E-state index in [0.29, 0.717) is 41.0 Å². The van der Waals surface area contributed by atoms with Gasteiger partial charge in [0, 0.05) is 17.5 Å². The third-order valence-electron chi connectivity index (χ3n) is 5.25. The summed E-state index contributed by atoms with van der Waals surface area (Å²) in [6, 6.07) is 16.4. The minimum atomic E-state index is -1.18. The van der Waals surface area contributed by atoms with Crippen molar-refractivity contribution in [1.29, 1.82) is 0 Å². The predicted molar refractivity (Wildman–Crippen MR) is 110 cm³/mol. The van der Waals surface area contributed by atoms with E-state index in [2.05, 4.69) is 0 Å². The number of hydrogen-bond acceptors (Lipinski definition) is 5. The summed E-state index contributed by atoms with van der Waals surface area (Å²) in [7, 11) is 1.57. The predicted octanol–water partition coefficient (Wildman–Crippen LogP) is 3.39. The average Bonchev–Trinajstić information content (AvgIpc) is 2.73. The van der Waals surface area contributed by atoms with Crippen LogP contribution in [0.15, 0.2) is 59.4 Å². The molecule has 1 saturated heterocycles. The highest BCUT2D eigenvalue weighted by molar-refractivity contribution is 7.12. The summed E-state index contributed by atoms with van der Waals surface area (Å²) in [6.07, 6.45) is 1.22. The number of methoxy groups -OCH3 is 1. The summed E-state index contributed by atoms with van der Waals surface area (Å²) in [4.78, 5) is 27.6. The first-order chi connectivity index (χ1) is 13.5. The topological polar surface area (TPSA) is 66.8 Å². The molecule has 1 aliphatic heterocycles. The number of aliphatic hydroxyl groups is 1. The summed E-state index contributed by atoms with van der Waals surface area (Å²) in [5.74, 6) is 0.385. The Morgan fingerprint density at radius 1 is 1.18 bits per heavy atom. The molecule has 0 saturated carbocycles. The van der Waals surface area contributed by atoms with Gasteiger partial charge < -0.3 is 14.7 Å². The lowest BCUT2D eigenvalue weighted by atomic mass is 9.85. The number of piperidine rings is 1. The van der Waals surface area contributed by atoms with E-state index in [-0.39, 0.29) is 17.2 Å². The first-order valence-electron chi connectivity index (χ1n) is 9.20. The van der Waals surface area contributed by atoms with Crippen LogP contribution in [0.5, 0.6) is 5.75 Å². The van der Waals surface area contributed by atoms with Gasteiger partial charge in [0.15, 0.2) is 0 Å². The number of carbonyl (C=O) groups excluding carboxylic acids is 1. The van der Waals surface area contributed by atoms with Gasteiger partial charge in [-0.1, -0.05) is 47.7 Å². The number of β-amino-alcohol motifs (C(OH)–C–C–N with tert-alkyl or cyclic N) is 1. The van der Waals surface area contributed by atoms with E-state index in [1.54, 1.807) is 24.1 Å². The van der Waals surface area contributed by atoms with E-state index in [1.807, 2.05) is 42.5 Å². The van der Waals surface area contributed by atoms with E-state index in [9.17, 15) is 14.7 Å². The fourth-order valence-electron chi connectivity index (χ4n) is 3.85. The number of benzene rings is 2. The molecule has 2 aromatic carbocycles. The Morgan fingerprint density at radius 2 is 1.93 bits per heavy atom. The highest BCUT2D eigenvalue weighted by Crippen LogP contribution is 2.37. The smallest absolute Gasteiger partial charge is 0.264 e. The molecule has 2 heterocycles. The Balaban J connectivity index is 1.66. The summed E-state index contributed by atoms with van der Waals surface area (Å²) in [5, 5.41) is 12.7. The lowest BCUT2D eigenvalue weighted by Crippen LogP contribution is -2.48. The first-order valence-corrected chi connectivity index (χ1v) is 10.0. The molecule has 1 unspecified atom stereocenters. The van der Waals surface area contributed by atoms with Crippen LogP contribution in [0.25, 0.3) is 10.8 Å². The largest absolute Gasteiger partial charge is 0.496 e. The van der Waals surface area contributed by atoms with E-state index in [1.165, 1.54) is 0 Å². The maximum Gasteiger partial charge on any atom is 0.264 e. The van der Waals surface area contributed by atoms with Crippen molar-refractivity contribution in [3.05, 3.63) is 74.6 Å². The van der Waals surface area contributed by atoms with E-state index in [4.69, 9.17) is 4.74 Å². The molecule has 0 radical (unpaired) electrons. The quantitative estimate of drug-likeness (QED) is 0.738. The van der Waals surface area contributed by atoms with Crippen LogP contribution in [-0.2, 0) is 5.60 Å². The summed E-state index contributed by atoms with van der Waals surface area (Å²) < 4.78 is 5.28. The number of carbonyl (C=O) groups is 1. The normalized spacial score (nSPS) is 19.6. The molecule has 144 valence electrons. The molecule has 1 aromatic heterocycles. The number of likely N-dealkylation sites (tertiary alicyclic amines) is 1. The molecule has 6 heteroatoms. The second kappa shape index (κ2) is 7.37. The molecule has 1 atom stereocenters. The van der Waals surface area contributed by atoms with Crippen LogP contribution < -0.4 is 9.48 Å². The summed E-state index contributed by atoms with van der Waals surface area (Å²) >= 11 is 0.959. The Bertz CT molecular complexity index is 1090. The molecule has 4 rings (SSSR count). The van der Waals surface area contributed by atoms with Crippen molar-refractivity contribution in [1.82, 2.24) is 4.90 Å². The van der Waals surface area contributed by atoms with Gasteiger partial charge in [-0.25, -0.2) is 0 Å². The molecule has 3 aromatic rings. The second-order valence-electron chi connectivity index (χ2n) is 7.05. The number of amides is 1. The van der Waals surface area contributed by atoms with Gasteiger partial charge in [-0.05, 0) is 36.4 Å². The van der Waals surface area contributed by atoms with Gasteiger partial charge >= 0.3 is 0 Å². The van der Waals surface area contributed by atoms with Crippen molar-refractivity contribution < 1.29 is 14.6 Å². The fourth-order valence-corrected chi connectivity index (χ4v) is 4.75. The van der Waals surface area contributed by atoms with E-state index in [0.717, 1.165) is 16.7 Å². The van der Waals surface area contributed by atoms with Gasteiger partial charge in [-0.15, -0.1) is 0 Å². The maximum absolute atomic E-state index is 13.1. The van der Waals surface area contributed by atoms with Crippen molar-refractivity contribution in [2.45, 2.75) is 18.4 Å². The molecule has 1 fully saturated rings. The van der Waals surface area contributed by atoms with Gasteiger partial charge in [0.1, 0.15) is 11.4 Å². The number of rotatable bonds is 3. The minimum Gasteiger partial charge on any atom is -0.496 e. The summed E-state index contributed by atoms with van der Waals surface area (Å²) in [6.45, 7) is 0.712. The standard InChI is InChI=1S/C22H21NO4S/c1-27-18-10-5-4-9-17(18)22(26)11-6-12-23(14-22)20(24)19-13-15-7-2-3-8-16(15)21(25)28-19/h2-5,7-10,13,26H,6,11-12,14H2,1H3. The average molecular weight is 395 g/mol. The number of para-hydroxylation sites is 1. The van der Waals surface area contributed by atoms with Crippen molar-refractivity contribution in [3.63, 3.8) is 0 Å². The van der Waals surface area contributed by atoms with Crippen LogP contribution in [0.4, 0.5) is 0 Å². The van der Waals surface area contributed by atoms with Crippen LogP contribution in [0.1, 0.15) is 28.1 Å². The van der Waals surface area contributed by atoms with E-state index < -0.39 is 5.60 Å². The molecule has 5 nitrogen and oxygen atoms in total. The zero-order valence-electron chi connectivity index (χ0n) is 15.6. The van der Waals surface area contributed by atoms with Crippen LogP contribution in [-0.4, -0.2) is 36.1 Å². The molecular formula is C22H21NO4S. The second-order valence-corrected chi connectivity index (χ2v) is 8.06. The number of ether oxygens (including phenoxy) is 1. The van der Waals surface area contributed by atoms with Crippen LogP contribution >= 0.6 is 11.3 Å². The van der Waals surface area contributed by atoms with E-state index >= 15 is 0 Å². The molecule has 1 amide bonds. The van der Waals surface area contributed by atoms with Gasteiger partial charge in [0.2, 0.25) is 4.74 Å². The van der Waals surface area contributed by atoms with Crippen molar-refractivity contribution >= 4 is 28.0 Å². The minimum absolute atomic E-state index is 0.126. The number of hydrogen-bond donors (Lipinski definition) is 1. The van der Waals surface area contributed by atoms with Crippen LogP contribution in [0, 0.1) is 0 Å². The highest BCUT2D eigenvalue weighted by Gasteiger charge is 2.39. The maximum atomic E-state index is 13.1. The fraction of sp³-hybridized carbons (Fsp3) is 0.273. The van der Waals surface area contributed by atoms with Gasteiger partial charge in [-0.3, -0.25) is 9.59 Å².